The molecule has 0 aliphatic rings. The third-order valence-corrected chi connectivity index (χ3v) is 3.75. The van der Waals surface area contributed by atoms with Gasteiger partial charge in [-0.2, -0.15) is 0 Å². The van der Waals surface area contributed by atoms with E-state index in [1.54, 1.807) is 13.0 Å². The van der Waals surface area contributed by atoms with Gasteiger partial charge < -0.3 is 19.8 Å². The van der Waals surface area contributed by atoms with Crippen molar-refractivity contribution in [2.45, 2.75) is 46.1 Å². The molecule has 2 aromatic rings. The number of pyridine rings is 1. The summed E-state index contributed by atoms with van der Waals surface area (Å²) in [7, 11) is 0. The molecule has 0 bridgehead atoms. The molecular formula is C20H26N2O5. The van der Waals surface area contributed by atoms with Gasteiger partial charge in [0.1, 0.15) is 11.2 Å². The highest BCUT2D eigenvalue weighted by Gasteiger charge is 2.16. The van der Waals surface area contributed by atoms with E-state index in [2.05, 4.69) is 10.3 Å². The summed E-state index contributed by atoms with van der Waals surface area (Å²) in [6.07, 6.45) is 2.30. The van der Waals surface area contributed by atoms with Crippen LogP contribution in [0.5, 0.6) is 0 Å². The topological polar surface area (TPSA) is 97.5 Å². The maximum atomic E-state index is 12.6. The quantitative estimate of drug-likeness (QED) is 0.598. The van der Waals surface area contributed by atoms with Crippen LogP contribution in [0.1, 0.15) is 50.0 Å². The first kappa shape index (κ1) is 20.5. The van der Waals surface area contributed by atoms with Gasteiger partial charge in [0.05, 0.1) is 6.61 Å². The molecule has 2 rings (SSSR count). The largest absolute Gasteiger partial charge is 0.462 e. The summed E-state index contributed by atoms with van der Waals surface area (Å²) >= 11 is 0. The van der Waals surface area contributed by atoms with Crippen LogP contribution in [0.15, 0.2) is 29.2 Å². The van der Waals surface area contributed by atoms with Crippen LogP contribution >= 0.6 is 0 Å². The monoisotopic (exact) mass is 374 g/mol. The third-order valence-electron chi connectivity index (χ3n) is 3.75. The highest BCUT2D eigenvalue weighted by molar-refractivity contribution is 5.93. The first-order valence-corrected chi connectivity index (χ1v) is 8.99. The van der Waals surface area contributed by atoms with Crippen LogP contribution in [0.2, 0.25) is 0 Å². The standard InChI is InChI=1S/C20H26N2O5/c1-5-26-18(24)15-12-22-16-9-8-13(11-14(16)17(15)23)7-6-10-21-19(25)27-20(2,3)4/h8-9,11-12H,5-7,10H2,1-4H3,(H,21,25)(H,22,23). The van der Waals surface area contributed by atoms with E-state index < -0.39 is 17.7 Å². The zero-order valence-corrected chi connectivity index (χ0v) is 16.2. The number of rotatable bonds is 6. The molecule has 0 spiro atoms. The lowest BCUT2D eigenvalue weighted by molar-refractivity contribution is 0.0515. The number of nitrogens with one attached hydrogen (secondary N) is 2. The molecule has 0 aliphatic heterocycles. The van der Waals surface area contributed by atoms with Crippen LogP contribution in [0.25, 0.3) is 10.9 Å². The Morgan fingerprint density at radius 1 is 1.22 bits per heavy atom. The Morgan fingerprint density at radius 2 is 1.96 bits per heavy atom. The van der Waals surface area contributed by atoms with E-state index in [0.717, 1.165) is 5.56 Å². The summed E-state index contributed by atoms with van der Waals surface area (Å²) in [4.78, 5) is 39.0. The number of benzene rings is 1. The number of carbonyl (C=O) groups is 2. The fourth-order valence-electron chi connectivity index (χ4n) is 2.58. The van der Waals surface area contributed by atoms with Crippen molar-refractivity contribution in [2.75, 3.05) is 13.2 Å². The number of aromatic nitrogens is 1. The van der Waals surface area contributed by atoms with Crippen LogP contribution in [-0.2, 0) is 15.9 Å². The second-order valence-corrected chi connectivity index (χ2v) is 7.16. The molecule has 0 radical (unpaired) electrons. The van der Waals surface area contributed by atoms with Crippen molar-refractivity contribution >= 4 is 23.0 Å². The number of alkyl carbamates (subject to hydrolysis) is 1. The smallest absolute Gasteiger partial charge is 0.407 e. The Kier molecular flexibility index (Phi) is 6.60. The molecule has 7 nitrogen and oxygen atoms in total. The molecule has 0 saturated carbocycles. The van der Waals surface area contributed by atoms with E-state index >= 15 is 0 Å². The van der Waals surface area contributed by atoms with Crippen molar-refractivity contribution in [1.29, 1.82) is 0 Å². The Bertz CT molecular complexity index is 880. The van der Waals surface area contributed by atoms with Crippen molar-refractivity contribution in [2.24, 2.45) is 0 Å². The SMILES string of the molecule is CCOC(=O)c1c[nH]c2ccc(CCCNC(=O)OC(C)(C)C)cc2c1=O. The molecule has 1 amide bonds. The lowest BCUT2D eigenvalue weighted by atomic mass is 10.0. The van der Waals surface area contributed by atoms with Gasteiger partial charge in [-0.05, 0) is 58.2 Å². The van der Waals surface area contributed by atoms with Gasteiger partial charge in [0.25, 0.3) is 0 Å². The fourth-order valence-corrected chi connectivity index (χ4v) is 2.58. The van der Waals surface area contributed by atoms with Crippen molar-refractivity contribution in [3.05, 3.63) is 45.7 Å². The van der Waals surface area contributed by atoms with E-state index in [9.17, 15) is 14.4 Å². The molecule has 1 heterocycles. The maximum absolute atomic E-state index is 12.6. The minimum atomic E-state index is -0.632. The second kappa shape index (κ2) is 8.70. The average Bonchev–Trinajstić information content (AvgIpc) is 2.58. The predicted molar refractivity (Wildman–Crippen MR) is 103 cm³/mol. The zero-order valence-electron chi connectivity index (χ0n) is 16.2. The van der Waals surface area contributed by atoms with Crippen molar-refractivity contribution in [1.82, 2.24) is 10.3 Å². The number of carbonyl (C=O) groups excluding carboxylic acids is 2. The Morgan fingerprint density at radius 3 is 2.63 bits per heavy atom. The van der Waals surface area contributed by atoms with Gasteiger partial charge in [-0.1, -0.05) is 6.07 Å². The van der Waals surface area contributed by atoms with Gasteiger partial charge in [-0.15, -0.1) is 0 Å². The average molecular weight is 374 g/mol. The van der Waals surface area contributed by atoms with Crippen molar-refractivity contribution < 1.29 is 19.1 Å². The molecule has 0 unspecified atom stereocenters. The summed E-state index contributed by atoms with van der Waals surface area (Å²) < 4.78 is 10.1. The third kappa shape index (κ3) is 5.84. The molecule has 0 fully saturated rings. The summed E-state index contributed by atoms with van der Waals surface area (Å²) in [6, 6.07) is 5.49. The highest BCUT2D eigenvalue weighted by atomic mass is 16.6. The summed E-state index contributed by atoms with van der Waals surface area (Å²) in [5, 5.41) is 3.15. The van der Waals surface area contributed by atoms with Crippen LogP contribution < -0.4 is 10.7 Å². The van der Waals surface area contributed by atoms with E-state index in [0.29, 0.717) is 30.3 Å². The van der Waals surface area contributed by atoms with Crippen LogP contribution in [0.3, 0.4) is 0 Å². The van der Waals surface area contributed by atoms with Crippen LogP contribution in [0, 0.1) is 0 Å². The number of hydrogen-bond acceptors (Lipinski definition) is 5. The predicted octanol–water partition coefficient (Wildman–Crippen LogP) is 3.16. The van der Waals surface area contributed by atoms with E-state index in [-0.39, 0.29) is 17.6 Å². The number of fused-ring (bicyclic) bond motifs is 1. The van der Waals surface area contributed by atoms with Crippen LogP contribution in [0.4, 0.5) is 4.79 Å². The van der Waals surface area contributed by atoms with Gasteiger partial charge in [-0.25, -0.2) is 9.59 Å². The van der Waals surface area contributed by atoms with Crippen LogP contribution in [-0.4, -0.2) is 35.8 Å². The number of hydrogen-bond donors (Lipinski definition) is 2. The highest BCUT2D eigenvalue weighted by Crippen LogP contribution is 2.13. The molecule has 27 heavy (non-hydrogen) atoms. The van der Waals surface area contributed by atoms with Gasteiger partial charge in [0.15, 0.2) is 0 Å². The maximum Gasteiger partial charge on any atom is 0.407 e. The Hall–Kier alpha value is -2.83. The molecule has 1 aromatic heterocycles. The molecule has 0 saturated heterocycles. The lowest BCUT2D eigenvalue weighted by Crippen LogP contribution is -2.33. The number of esters is 1. The molecule has 0 aliphatic carbocycles. The minimum Gasteiger partial charge on any atom is -0.462 e. The van der Waals surface area contributed by atoms with Crippen molar-refractivity contribution in [3.8, 4) is 0 Å². The fraction of sp³-hybridized carbons (Fsp3) is 0.450. The molecule has 146 valence electrons. The number of ether oxygens (including phenoxy) is 2. The zero-order chi connectivity index (χ0) is 20.0. The molecule has 2 N–H and O–H groups in total. The molecule has 0 atom stereocenters. The van der Waals surface area contributed by atoms with Gasteiger partial charge >= 0.3 is 12.1 Å². The summed E-state index contributed by atoms with van der Waals surface area (Å²) in [5.41, 5.74) is 0.716. The Balaban J connectivity index is 2.03. The summed E-state index contributed by atoms with van der Waals surface area (Å²) in [6.45, 7) is 7.79. The lowest BCUT2D eigenvalue weighted by Gasteiger charge is -2.19. The van der Waals surface area contributed by atoms with Gasteiger partial charge in [0.2, 0.25) is 5.43 Å². The Labute approximate surface area is 158 Å². The van der Waals surface area contributed by atoms with Gasteiger partial charge in [0, 0.05) is 23.6 Å². The van der Waals surface area contributed by atoms with Crippen molar-refractivity contribution in [3.63, 3.8) is 0 Å². The first-order valence-electron chi connectivity index (χ1n) is 8.99. The first-order chi connectivity index (χ1) is 12.7. The second-order valence-electron chi connectivity index (χ2n) is 7.16. The van der Waals surface area contributed by atoms with E-state index in [4.69, 9.17) is 9.47 Å². The van der Waals surface area contributed by atoms with Gasteiger partial charge in [-0.3, -0.25) is 4.79 Å². The molecule has 7 heteroatoms. The number of aryl methyl sites for hydroxylation is 1. The number of H-pyrrole nitrogens is 1. The summed E-state index contributed by atoms with van der Waals surface area (Å²) in [5.74, 6) is -0.632. The molecule has 1 aromatic carbocycles. The molecular weight excluding hydrogens is 348 g/mol. The van der Waals surface area contributed by atoms with E-state index in [1.165, 1.54) is 6.20 Å². The number of amides is 1. The number of aromatic amines is 1. The van der Waals surface area contributed by atoms with E-state index in [1.807, 2.05) is 32.9 Å². The minimum absolute atomic E-state index is 0.00640. The normalized spacial score (nSPS) is 11.3.